The maximum Gasteiger partial charge on any atom is 0.336 e. The molecule has 0 bridgehead atoms. The Hall–Kier alpha value is -1.92. The highest BCUT2D eigenvalue weighted by molar-refractivity contribution is 5.96. The summed E-state index contributed by atoms with van der Waals surface area (Å²) in [6, 6.07) is 4.70. The molecule has 1 aromatic carbocycles. The van der Waals surface area contributed by atoms with Crippen LogP contribution in [0.15, 0.2) is 18.2 Å². The van der Waals surface area contributed by atoms with Crippen LogP contribution in [-0.2, 0) is 9.53 Å². The van der Waals surface area contributed by atoms with Crippen molar-refractivity contribution in [2.75, 3.05) is 25.1 Å². The lowest BCUT2D eigenvalue weighted by atomic mass is 10.1. The first kappa shape index (κ1) is 14.1. The van der Waals surface area contributed by atoms with Gasteiger partial charge in [-0.3, -0.25) is 4.79 Å². The molecule has 0 heterocycles. The molecule has 0 radical (unpaired) electrons. The minimum Gasteiger partial charge on any atom is -0.478 e. The number of aromatic carboxylic acids is 1. The predicted octanol–water partition coefficient (Wildman–Crippen LogP) is 0.607. The summed E-state index contributed by atoms with van der Waals surface area (Å²) in [7, 11) is 0. The quantitative estimate of drug-likeness (QED) is 0.644. The molecule has 0 spiro atoms. The van der Waals surface area contributed by atoms with Crippen LogP contribution in [0.1, 0.15) is 15.9 Å². The van der Waals surface area contributed by atoms with Gasteiger partial charge in [0.15, 0.2) is 0 Å². The zero-order valence-corrected chi connectivity index (χ0v) is 10.1. The van der Waals surface area contributed by atoms with E-state index in [1.54, 1.807) is 19.1 Å². The largest absolute Gasteiger partial charge is 0.478 e. The third kappa shape index (κ3) is 3.83. The summed E-state index contributed by atoms with van der Waals surface area (Å²) in [6.07, 6.45) is 0. The number of hydrogen-bond donors (Lipinski definition) is 3. The van der Waals surface area contributed by atoms with Crippen LogP contribution in [0.25, 0.3) is 0 Å². The first-order chi connectivity index (χ1) is 8.56. The van der Waals surface area contributed by atoms with Gasteiger partial charge in [-0.1, -0.05) is 6.07 Å². The fourth-order valence-corrected chi connectivity index (χ4v) is 1.44. The van der Waals surface area contributed by atoms with Crippen molar-refractivity contribution in [2.45, 2.75) is 6.92 Å². The number of ether oxygens (including phenoxy) is 1. The van der Waals surface area contributed by atoms with E-state index in [-0.39, 0.29) is 18.1 Å². The van der Waals surface area contributed by atoms with E-state index in [1.165, 1.54) is 6.07 Å². The number of rotatable bonds is 6. The summed E-state index contributed by atoms with van der Waals surface area (Å²) >= 11 is 0. The van der Waals surface area contributed by atoms with Crippen LogP contribution in [0, 0.1) is 6.92 Å². The standard InChI is InChI=1S/C12H16N2O4/c1-8-9(12(16)17)3-2-4-10(8)14-11(15)7-18-6-5-13/h2-4H,5-7,13H2,1H3,(H,14,15)(H,16,17). The van der Waals surface area contributed by atoms with E-state index in [2.05, 4.69) is 5.32 Å². The average molecular weight is 252 g/mol. The number of nitrogens with one attached hydrogen (secondary N) is 1. The Morgan fingerprint density at radius 3 is 2.78 bits per heavy atom. The fraction of sp³-hybridized carbons (Fsp3) is 0.333. The molecule has 0 aliphatic heterocycles. The number of nitrogens with two attached hydrogens (primary N) is 1. The second-order valence-corrected chi connectivity index (χ2v) is 3.67. The molecule has 1 amide bonds. The SMILES string of the molecule is Cc1c(NC(=O)COCCN)cccc1C(=O)O. The number of carboxylic acids is 1. The van der Waals surface area contributed by atoms with Crippen molar-refractivity contribution in [2.24, 2.45) is 5.73 Å². The van der Waals surface area contributed by atoms with Gasteiger partial charge in [0.2, 0.25) is 5.91 Å². The Morgan fingerprint density at radius 2 is 2.17 bits per heavy atom. The fourth-order valence-electron chi connectivity index (χ4n) is 1.44. The molecule has 0 aliphatic rings. The van der Waals surface area contributed by atoms with E-state index >= 15 is 0 Å². The summed E-state index contributed by atoms with van der Waals surface area (Å²) < 4.78 is 4.98. The van der Waals surface area contributed by atoms with Crippen LogP contribution in [0.3, 0.4) is 0 Å². The third-order valence-corrected chi connectivity index (χ3v) is 2.33. The van der Waals surface area contributed by atoms with Gasteiger partial charge in [-0.25, -0.2) is 4.79 Å². The van der Waals surface area contributed by atoms with Gasteiger partial charge >= 0.3 is 5.97 Å². The lowest BCUT2D eigenvalue weighted by Gasteiger charge is -2.10. The molecule has 0 fully saturated rings. The number of carbonyl (C=O) groups is 2. The molecule has 98 valence electrons. The van der Waals surface area contributed by atoms with Gasteiger partial charge in [0.1, 0.15) is 6.61 Å². The van der Waals surface area contributed by atoms with E-state index in [4.69, 9.17) is 15.6 Å². The molecule has 0 saturated carbocycles. The first-order valence-electron chi connectivity index (χ1n) is 5.47. The Labute approximate surface area is 105 Å². The van der Waals surface area contributed by atoms with E-state index in [9.17, 15) is 9.59 Å². The number of carboxylic acid groups (broad SMARTS) is 1. The number of hydrogen-bond acceptors (Lipinski definition) is 4. The number of anilines is 1. The van der Waals surface area contributed by atoms with Gasteiger partial charge in [0.25, 0.3) is 0 Å². The van der Waals surface area contributed by atoms with Crippen molar-refractivity contribution >= 4 is 17.6 Å². The summed E-state index contributed by atoms with van der Waals surface area (Å²) in [5.41, 5.74) is 6.37. The number of benzene rings is 1. The van der Waals surface area contributed by atoms with Crippen LogP contribution in [0.5, 0.6) is 0 Å². The molecular formula is C12H16N2O4. The van der Waals surface area contributed by atoms with Crippen LogP contribution in [-0.4, -0.2) is 36.7 Å². The van der Waals surface area contributed by atoms with Crippen molar-refractivity contribution < 1.29 is 19.4 Å². The summed E-state index contributed by atoms with van der Waals surface area (Å²) in [4.78, 5) is 22.4. The van der Waals surface area contributed by atoms with Crippen molar-refractivity contribution in [1.29, 1.82) is 0 Å². The van der Waals surface area contributed by atoms with Gasteiger partial charge in [0.05, 0.1) is 12.2 Å². The van der Waals surface area contributed by atoms with Crippen molar-refractivity contribution in [3.63, 3.8) is 0 Å². The second-order valence-electron chi connectivity index (χ2n) is 3.67. The van der Waals surface area contributed by atoms with Crippen LogP contribution >= 0.6 is 0 Å². The van der Waals surface area contributed by atoms with Crippen LogP contribution in [0.2, 0.25) is 0 Å². The molecule has 6 nitrogen and oxygen atoms in total. The normalized spacial score (nSPS) is 10.1. The molecule has 4 N–H and O–H groups in total. The molecule has 0 atom stereocenters. The highest BCUT2D eigenvalue weighted by Crippen LogP contribution is 2.18. The first-order valence-corrected chi connectivity index (χ1v) is 5.47. The van der Waals surface area contributed by atoms with Gasteiger partial charge in [-0.2, -0.15) is 0 Å². The Bertz CT molecular complexity index is 446. The molecule has 0 aromatic heterocycles. The van der Waals surface area contributed by atoms with E-state index < -0.39 is 5.97 Å². The minimum absolute atomic E-state index is 0.103. The number of carbonyl (C=O) groups excluding carboxylic acids is 1. The number of amides is 1. The molecule has 18 heavy (non-hydrogen) atoms. The van der Waals surface area contributed by atoms with E-state index in [0.29, 0.717) is 24.4 Å². The van der Waals surface area contributed by atoms with Crippen molar-refractivity contribution in [1.82, 2.24) is 0 Å². The Kier molecular flexibility index (Phi) is 5.29. The smallest absolute Gasteiger partial charge is 0.336 e. The van der Waals surface area contributed by atoms with Gasteiger partial charge < -0.3 is 20.9 Å². The van der Waals surface area contributed by atoms with Gasteiger partial charge in [0, 0.05) is 12.2 Å². The third-order valence-electron chi connectivity index (χ3n) is 2.33. The van der Waals surface area contributed by atoms with E-state index in [1.807, 2.05) is 0 Å². The van der Waals surface area contributed by atoms with Gasteiger partial charge in [-0.05, 0) is 24.6 Å². The van der Waals surface area contributed by atoms with Crippen molar-refractivity contribution in [3.8, 4) is 0 Å². The summed E-state index contributed by atoms with van der Waals surface area (Å²) in [5.74, 6) is -1.36. The maximum atomic E-state index is 11.5. The lowest BCUT2D eigenvalue weighted by Crippen LogP contribution is -2.21. The highest BCUT2D eigenvalue weighted by Gasteiger charge is 2.11. The molecule has 1 aromatic rings. The lowest BCUT2D eigenvalue weighted by molar-refractivity contribution is -0.120. The molecule has 1 rings (SSSR count). The maximum absolute atomic E-state index is 11.5. The molecule has 0 unspecified atom stereocenters. The van der Waals surface area contributed by atoms with E-state index in [0.717, 1.165) is 0 Å². The highest BCUT2D eigenvalue weighted by atomic mass is 16.5. The second kappa shape index (κ2) is 6.73. The summed E-state index contributed by atoms with van der Waals surface area (Å²) in [6.45, 7) is 2.19. The Balaban J connectivity index is 2.70. The van der Waals surface area contributed by atoms with Crippen LogP contribution < -0.4 is 11.1 Å². The summed E-state index contributed by atoms with van der Waals surface area (Å²) in [5, 5.41) is 11.5. The molecule has 0 saturated heterocycles. The zero-order chi connectivity index (χ0) is 13.5. The molecule has 6 heteroatoms. The topological polar surface area (TPSA) is 102 Å². The minimum atomic E-state index is -1.03. The average Bonchev–Trinajstić information content (AvgIpc) is 2.32. The Morgan fingerprint density at radius 1 is 1.44 bits per heavy atom. The molecular weight excluding hydrogens is 236 g/mol. The predicted molar refractivity (Wildman–Crippen MR) is 66.6 cm³/mol. The van der Waals surface area contributed by atoms with Crippen molar-refractivity contribution in [3.05, 3.63) is 29.3 Å². The zero-order valence-electron chi connectivity index (χ0n) is 10.1. The monoisotopic (exact) mass is 252 g/mol. The van der Waals surface area contributed by atoms with Gasteiger partial charge in [-0.15, -0.1) is 0 Å². The van der Waals surface area contributed by atoms with Crippen LogP contribution in [0.4, 0.5) is 5.69 Å². The molecule has 0 aliphatic carbocycles.